The fourth-order valence-corrected chi connectivity index (χ4v) is 3.39. The molecule has 1 aromatic heterocycles. The largest absolute Gasteiger partial charge is 0.352 e. The zero-order valence-corrected chi connectivity index (χ0v) is 13.2. The van der Waals surface area contributed by atoms with E-state index >= 15 is 0 Å². The van der Waals surface area contributed by atoms with Gasteiger partial charge < -0.3 is 10.6 Å². The van der Waals surface area contributed by atoms with Crippen molar-refractivity contribution in [1.29, 1.82) is 0 Å². The second-order valence-electron chi connectivity index (χ2n) is 5.13. The lowest BCUT2D eigenvalue weighted by Crippen LogP contribution is -2.49. The molecule has 1 aliphatic heterocycles. The summed E-state index contributed by atoms with van der Waals surface area (Å²) in [6.07, 6.45) is 4.24. The van der Waals surface area contributed by atoms with Gasteiger partial charge in [-0.1, -0.05) is 6.42 Å². The number of amides is 1. The summed E-state index contributed by atoms with van der Waals surface area (Å²) in [6.45, 7) is 5.16. The van der Waals surface area contributed by atoms with Crippen molar-refractivity contribution in [3.05, 3.63) is 21.9 Å². The highest BCUT2D eigenvalue weighted by molar-refractivity contribution is 7.11. The number of nitrogens with one attached hydrogen (secondary N) is 2. The zero-order chi connectivity index (χ0) is 13.0. The Labute approximate surface area is 125 Å². The Morgan fingerprint density at radius 2 is 2.32 bits per heavy atom. The van der Waals surface area contributed by atoms with Crippen molar-refractivity contribution in [1.82, 2.24) is 10.6 Å². The van der Waals surface area contributed by atoms with Crippen LogP contribution in [0.5, 0.6) is 0 Å². The Hall–Kier alpha value is -0.580. The van der Waals surface area contributed by atoms with E-state index in [1.165, 1.54) is 16.2 Å². The Morgan fingerprint density at radius 3 is 2.89 bits per heavy atom. The van der Waals surface area contributed by atoms with E-state index in [9.17, 15) is 4.79 Å². The van der Waals surface area contributed by atoms with E-state index in [1.54, 1.807) is 0 Å². The summed E-state index contributed by atoms with van der Waals surface area (Å²) < 4.78 is 0. The zero-order valence-electron chi connectivity index (χ0n) is 11.6. The predicted molar refractivity (Wildman–Crippen MR) is 83.3 cm³/mol. The first-order valence-corrected chi connectivity index (χ1v) is 7.56. The maximum Gasteiger partial charge on any atom is 0.237 e. The van der Waals surface area contributed by atoms with Gasteiger partial charge in [0.2, 0.25) is 5.91 Å². The summed E-state index contributed by atoms with van der Waals surface area (Å²) in [5.41, 5.74) is 0. The first-order chi connectivity index (χ1) is 8.65. The first kappa shape index (κ1) is 16.5. The van der Waals surface area contributed by atoms with Crippen LogP contribution in [0.15, 0.2) is 12.1 Å². The second kappa shape index (κ2) is 7.88. The van der Waals surface area contributed by atoms with Gasteiger partial charge in [-0.2, -0.15) is 0 Å². The molecule has 2 heterocycles. The molecule has 19 heavy (non-hydrogen) atoms. The molecule has 0 radical (unpaired) electrons. The standard InChI is InChI=1S/C14H22N2OS.ClH/c1-10(9-12-7-6-11(2)18-12)16-14(17)13-5-3-4-8-15-13;/h6-7,10,13,15H,3-5,8-9H2,1-2H3,(H,16,17);1H/t10?,13-;/m1./s1. The van der Waals surface area contributed by atoms with Gasteiger partial charge >= 0.3 is 0 Å². The summed E-state index contributed by atoms with van der Waals surface area (Å²) in [5.74, 6) is 0.162. The van der Waals surface area contributed by atoms with Gasteiger partial charge in [0, 0.05) is 22.2 Å². The van der Waals surface area contributed by atoms with Gasteiger partial charge in [-0.3, -0.25) is 4.79 Å². The number of piperidine rings is 1. The molecule has 1 amide bonds. The van der Waals surface area contributed by atoms with E-state index in [0.29, 0.717) is 0 Å². The van der Waals surface area contributed by atoms with Crippen molar-refractivity contribution >= 4 is 29.7 Å². The third-order valence-corrected chi connectivity index (χ3v) is 4.34. The van der Waals surface area contributed by atoms with Crippen LogP contribution in [-0.2, 0) is 11.2 Å². The van der Waals surface area contributed by atoms with E-state index in [4.69, 9.17) is 0 Å². The summed E-state index contributed by atoms with van der Waals surface area (Å²) in [6, 6.07) is 4.52. The number of halogens is 1. The van der Waals surface area contributed by atoms with Crippen LogP contribution in [0.1, 0.15) is 35.9 Å². The number of hydrogen-bond donors (Lipinski definition) is 2. The van der Waals surface area contributed by atoms with Crippen LogP contribution in [0.3, 0.4) is 0 Å². The van der Waals surface area contributed by atoms with E-state index in [-0.39, 0.29) is 30.4 Å². The number of carbonyl (C=O) groups is 1. The van der Waals surface area contributed by atoms with Gasteiger partial charge in [0.25, 0.3) is 0 Å². The molecule has 0 saturated carbocycles. The Kier molecular flexibility index (Phi) is 6.83. The highest BCUT2D eigenvalue weighted by Crippen LogP contribution is 2.17. The molecule has 1 saturated heterocycles. The van der Waals surface area contributed by atoms with Crippen LogP contribution in [0.4, 0.5) is 0 Å². The van der Waals surface area contributed by atoms with Crippen LogP contribution in [0, 0.1) is 6.92 Å². The normalized spacial score (nSPS) is 20.4. The molecular formula is C14H23ClN2OS. The number of hydrogen-bond acceptors (Lipinski definition) is 3. The molecule has 2 N–H and O–H groups in total. The monoisotopic (exact) mass is 302 g/mol. The van der Waals surface area contributed by atoms with E-state index in [1.807, 2.05) is 11.3 Å². The fraction of sp³-hybridized carbons (Fsp3) is 0.643. The Bertz CT molecular complexity index is 402. The number of aryl methyl sites for hydroxylation is 1. The average molecular weight is 303 g/mol. The van der Waals surface area contributed by atoms with E-state index < -0.39 is 0 Å². The fourth-order valence-electron chi connectivity index (χ4n) is 2.37. The Balaban J connectivity index is 0.00000180. The number of rotatable bonds is 4. The van der Waals surface area contributed by atoms with Crippen LogP contribution in [0.2, 0.25) is 0 Å². The van der Waals surface area contributed by atoms with Gasteiger partial charge in [-0.15, -0.1) is 23.7 Å². The van der Waals surface area contributed by atoms with Crippen molar-refractivity contribution in [3.63, 3.8) is 0 Å². The molecule has 2 rings (SSSR count). The van der Waals surface area contributed by atoms with E-state index in [0.717, 1.165) is 25.8 Å². The summed E-state index contributed by atoms with van der Waals surface area (Å²) in [7, 11) is 0. The van der Waals surface area contributed by atoms with Gasteiger partial charge in [-0.05, 0) is 45.4 Å². The van der Waals surface area contributed by atoms with Crippen LogP contribution >= 0.6 is 23.7 Å². The SMILES string of the molecule is Cc1ccc(CC(C)NC(=O)[C@H]2CCCCN2)s1.Cl. The number of thiophene rings is 1. The highest BCUT2D eigenvalue weighted by Gasteiger charge is 2.21. The maximum atomic E-state index is 12.0. The molecule has 0 aromatic carbocycles. The molecule has 0 spiro atoms. The lowest BCUT2D eigenvalue weighted by Gasteiger charge is -2.24. The molecular weight excluding hydrogens is 280 g/mol. The molecule has 2 atom stereocenters. The third-order valence-electron chi connectivity index (χ3n) is 3.32. The minimum atomic E-state index is 0. The molecule has 1 aromatic rings. The van der Waals surface area contributed by atoms with Gasteiger partial charge in [0.05, 0.1) is 6.04 Å². The minimum absolute atomic E-state index is 0. The highest BCUT2D eigenvalue weighted by atomic mass is 35.5. The topological polar surface area (TPSA) is 41.1 Å². The van der Waals surface area contributed by atoms with Crippen LogP contribution < -0.4 is 10.6 Å². The van der Waals surface area contributed by atoms with Crippen molar-refractivity contribution in [2.75, 3.05) is 6.54 Å². The van der Waals surface area contributed by atoms with Crippen molar-refractivity contribution in [3.8, 4) is 0 Å². The van der Waals surface area contributed by atoms with Crippen molar-refractivity contribution < 1.29 is 4.79 Å². The molecule has 1 unspecified atom stereocenters. The second-order valence-corrected chi connectivity index (χ2v) is 6.50. The van der Waals surface area contributed by atoms with Gasteiger partial charge in [-0.25, -0.2) is 0 Å². The molecule has 1 fully saturated rings. The third kappa shape index (κ3) is 5.13. The summed E-state index contributed by atoms with van der Waals surface area (Å²) in [4.78, 5) is 14.7. The quantitative estimate of drug-likeness (QED) is 0.898. The first-order valence-electron chi connectivity index (χ1n) is 6.74. The molecule has 5 heteroatoms. The van der Waals surface area contributed by atoms with Crippen molar-refractivity contribution in [2.24, 2.45) is 0 Å². The summed E-state index contributed by atoms with van der Waals surface area (Å²) >= 11 is 1.81. The minimum Gasteiger partial charge on any atom is -0.352 e. The van der Waals surface area contributed by atoms with Crippen LogP contribution in [-0.4, -0.2) is 24.5 Å². The molecule has 0 bridgehead atoms. The molecule has 3 nitrogen and oxygen atoms in total. The average Bonchev–Trinajstić information content (AvgIpc) is 2.75. The smallest absolute Gasteiger partial charge is 0.237 e. The lowest BCUT2D eigenvalue weighted by molar-refractivity contribution is -0.124. The maximum absolute atomic E-state index is 12.0. The van der Waals surface area contributed by atoms with Crippen LogP contribution in [0.25, 0.3) is 0 Å². The van der Waals surface area contributed by atoms with Crippen molar-refractivity contribution in [2.45, 2.75) is 51.6 Å². The van der Waals surface area contributed by atoms with Gasteiger partial charge in [0.15, 0.2) is 0 Å². The molecule has 108 valence electrons. The number of carbonyl (C=O) groups excluding carboxylic acids is 1. The molecule has 1 aliphatic rings. The summed E-state index contributed by atoms with van der Waals surface area (Å²) in [5, 5.41) is 6.40. The van der Waals surface area contributed by atoms with E-state index in [2.05, 4.69) is 36.6 Å². The van der Waals surface area contributed by atoms with Gasteiger partial charge in [0.1, 0.15) is 0 Å². The lowest BCUT2D eigenvalue weighted by atomic mass is 10.0. The predicted octanol–water partition coefficient (Wildman–Crippen LogP) is 2.67. The molecule has 0 aliphatic carbocycles. The Morgan fingerprint density at radius 1 is 1.53 bits per heavy atom.